The predicted octanol–water partition coefficient (Wildman–Crippen LogP) is 2.89. The summed E-state index contributed by atoms with van der Waals surface area (Å²) in [6, 6.07) is 10.2. The molecular formula is C16H26N2O. The molecule has 1 amide bonds. The van der Waals surface area contributed by atoms with Gasteiger partial charge in [-0.05, 0) is 32.3 Å². The smallest absolute Gasteiger partial charge is 0.234 e. The molecule has 0 aliphatic carbocycles. The van der Waals surface area contributed by atoms with Gasteiger partial charge in [0.25, 0.3) is 0 Å². The number of benzene rings is 1. The molecule has 3 nitrogen and oxygen atoms in total. The van der Waals surface area contributed by atoms with Crippen LogP contribution in [0.15, 0.2) is 30.3 Å². The van der Waals surface area contributed by atoms with Crippen LogP contribution in [0.2, 0.25) is 0 Å². The van der Waals surface area contributed by atoms with Crippen LogP contribution in [0, 0.1) is 5.92 Å². The first-order valence-electron chi connectivity index (χ1n) is 6.89. The molecule has 1 atom stereocenters. The summed E-state index contributed by atoms with van der Waals surface area (Å²) in [5.41, 5.74) is 1.11. The van der Waals surface area contributed by atoms with Crippen molar-refractivity contribution in [2.75, 3.05) is 6.54 Å². The molecule has 3 heteroatoms. The fourth-order valence-corrected chi connectivity index (χ4v) is 1.87. The summed E-state index contributed by atoms with van der Waals surface area (Å²) >= 11 is 0. The topological polar surface area (TPSA) is 41.1 Å². The van der Waals surface area contributed by atoms with Crippen LogP contribution in [0.25, 0.3) is 0 Å². The summed E-state index contributed by atoms with van der Waals surface area (Å²) in [6.07, 6.45) is 0. The largest absolute Gasteiger partial charge is 0.348 e. The molecule has 0 aliphatic heterocycles. The van der Waals surface area contributed by atoms with E-state index in [-0.39, 0.29) is 17.5 Å². The number of rotatable bonds is 5. The van der Waals surface area contributed by atoms with Gasteiger partial charge in [-0.1, -0.05) is 44.2 Å². The van der Waals surface area contributed by atoms with Crippen molar-refractivity contribution in [2.24, 2.45) is 5.92 Å². The monoisotopic (exact) mass is 262 g/mol. The van der Waals surface area contributed by atoms with E-state index in [1.807, 2.05) is 18.2 Å². The summed E-state index contributed by atoms with van der Waals surface area (Å²) in [5, 5.41) is 6.31. The van der Waals surface area contributed by atoms with Crippen molar-refractivity contribution >= 4 is 5.91 Å². The quantitative estimate of drug-likeness (QED) is 0.856. The van der Waals surface area contributed by atoms with Crippen LogP contribution < -0.4 is 10.6 Å². The fraction of sp³-hybridized carbons (Fsp3) is 0.562. The lowest BCUT2D eigenvalue weighted by atomic mass is 9.96. The minimum atomic E-state index is -0.0442. The zero-order chi connectivity index (χ0) is 14.5. The zero-order valence-corrected chi connectivity index (χ0v) is 12.7. The predicted molar refractivity (Wildman–Crippen MR) is 79.9 cm³/mol. The van der Waals surface area contributed by atoms with Crippen molar-refractivity contribution in [2.45, 2.75) is 46.2 Å². The molecule has 0 saturated carbocycles. The van der Waals surface area contributed by atoms with Crippen LogP contribution >= 0.6 is 0 Å². The van der Waals surface area contributed by atoms with E-state index in [1.54, 1.807) is 0 Å². The van der Waals surface area contributed by atoms with Gasteiger partial charge in [-0.3, -0.25) is 4.79 Å². The van der Waals surface area contributed by atoms with E-state index in [0.717, 1.165) is 5.56 Å². The molecule has 1 aromatic rings. The van der Waals surface area contributed by atoms with E-state index >= 15 is 0 Å². The number of carbonyl (C=O) groups is 1. The van der Waals surface area contributed by atoms with Gasteiger partial charge >= 0.3 is 0 Å². The SMILES string of the molecule is CC(C)C(NC(=O)CNC(C)(C)C)c1ccccc1. The van der Waals surface area contributed by atoms with E-state index < -0.39 is 0 Å². The van der Waals surface area contributed by atoms with Gasteiger partial charge in [-0.25, -0.2) is 0 Å². The van der Waals surface area contributed by atoms with Crippen molar-refractivity contribution < 1.29 is 4.79 Å². The Bertz CT molecular complexity index is 393. The Balaban J connectivity index is 2.63. The van der Waals surface area contributed by atoms with Crippen LogP contribution in [0.4, 0.5) is 0 Å². The molecule has 0 aromatic heterocycles. The van der Waals surface area contributed by atoms with Crippen LogP contribution in [0.5, 0.6) is 0 Å². The molecule has 0 radical (unpaired) electrons. The Morgan fingerprint density at radius 2 is 1.74 bits per heavy atom. The van der Waals surface area contributed by atoms with Crippen LogP contribution in [-0.4, -0.2) is 18.0 Å². The Hall–Kier alpha value is -1.35. The van der Waals surface area contributed by atoms with Crippen LogP contribution in [0.3, 0.4) is 0 Å². The maximum Gasteiger partial charge on any atom is 0.234 e. The molecule has 0 heterocycles. The minimum Gasteiger partial charge on any atom is -0.348 e. The number of hydrogen-bond donors (Lipinski definition) is 2. The van der Waals surface area contributed by atoms with Gasteiger partial charge in [0.15, 0.2) is 0 Å². The Kier molecular flexibility index (Phi) is 5.55. The third-order valence-electron chi connectivity index (χ3n) is 2.92. The normalized spacial score (nSPS) is 13.4. The van der Waals surface area contributed by atoms with E-state index in [2.05, 4.69) is 57.4 Å². The second kappa shape index (κ2) is 6.71. The minimum absolute atomic E-state index is 0.0393. The highest BCUT2D eigenvalue weighted by Gasteiger charge is 2.19. The van der Waals surface area contributed by atoms with Crippen molar-refractivity contribution in [3.05, 3.63) is 35.9 Å². The molecule has 106 valence electrons. The van der Waals surface area contributed by atoms with Crippen LogP contribution in [-0.2, 0) is 4.79 Å². The Morgan fingerprint density at radius 1 is 1.16 bits per heavy atom. The van der Waals surface area contributed by atoms with Gasteiger partial charge in [-0.15, -0.1) is 0 Å². The summed E-state index contributed by atoms with van der Waals surface area (Å²) in [5.74, 6) is 0.401. The van der Waals surface area contributed by atoms with Gasteiger partial charge in [0, 0.05) is 5.54 Å². The lowest BCUT2D eigenvalue weighted by molar-refractivity contribution is -0.121. The van der Waals surface area contributed by atoms with E-state index in [1.165, 1.54) is 0 Å². The molecule has 0 aliphatic rings. The molecule has 0 bridgehead atoms. The summed E-state index contributed by atoms with van der Waals surface area (Å²) < 4.78 is 0. The van der Waals surface area contributed by atoms with Gasteiger partial charge in [0.2, 0.25) is 5.91 Å². The van der Waals surface area contributed by atoms with Gasteiger partial charge < -0.3 is 10.6 Å². The number of nitrogens with one attached hydrogen (secondary N) is 2. The molecule has 1 unspecified atom stereocenters. The number of carbonyl (C=O) groups excluding carboxylic acids is 1. The Morgan fingerprint density at radius 3 is 2.21 bits per heavy atom. The van der Waals surface area contributed by atoms with Crippen molar-refractivity contribution in [1.29, 1.82) is 0 Å². The maximum absolute atomic E-state index is 12.0. The third-order valence-corrected chi connectivity index (χ3v) is 2.92. The van der Waals surface area contributed by atoms with Gasteiger partial charge in [0.05, 0.1) is 12.6 Å². The third kappa shape index (κ3) is 5.88. The lowest BCUT2D eigenvalue weighted by Crippen LogP contribution is -2.44. The number of hydrogen-bond acceptors (Lipinski definition) is 2. The van der Waals surface area contributed by atoms with Gasteiger partial charge in [0.1, 0.15) is 0 Å². The second-order valence-electron chi connectivity index (χ2n) is 6.30. The second-order valence-corrected chi connectivity index (χ2v) is 6.30. The average Bonchev–Trinajstić information content (AvgIpc) is 2.33. The van der Waals surface area contributed by atoms with Crippen molar-refractivity contribution in [1.82, 2.24) is 10.6 Å². The fourth-order valence-electron chi connectivity index (χ4n) is 1.87. The molecule has 1 aromatic carbocycles. The van der Waals surface area contributed by atoms with E-state index in [9.17, 15) is 4.79 Å². The number of amides is 1. The highest BCUT2D eigenvalue weighted by atomic mass is 16.2. The molecule has 19 heavy (non-hydrogen) atoms. The molecule has 0 spiro atoms. The zero-order valence-electron chi connectivity index (χ0n) is 12.7. The molecule has 0 saturated heterocycles. The summed E-state index contributed by atoms with van der Waals surface area (Å²) in [6.45, 7) is 10.7. The summed E-state index contributed by atoms with van der Waals surface area (Å²) in [7, 11) is 0. The molecular weight excluding hydrogens is 236 g/mol. The van der Waals surface area contributed by atoms with Crippen LogP contribution in [0.1, 0.15) is 46.2 Å². The first-order valence-corrected chi connectivity index (χ1v) is 6.89. The summed E-state index contributed by atoms with van der Waals surface area (Å²) in [4.78, 5) is 12.0. The van der Waals surface area contributed by atoms with Gasteiger partial charge in [-0.2, -0.15) is 0 Å². The first-order chi connectivity index (χ1) is 8.79. The Labute approximate surface area is 116 Å². The highest BCUT2D eigenvalue weighted by molar-refractivity contribution is 5.78. The lowest BCUT2D eigenvalue weighted by Gasteiger charge is -2.25. The van der Waals surface area contributed by atoms with E-state index in [4.69, 9.17) is 0 Å². The average molecular weight is 262 g/mol. The van der Waals surface area contributed by atoms with Crippen molar-refractivity contribution in [3.8, 4) is 0 Å². The molecule has 2 N–H and O–H groups in total. The highest BCUT2D eigenvalue weighted by Crippen LogP contribution is 2.20. The molecule has 1 rings (SSSR count). The molecule has 0 fully saturated rings. The van der Waals surface area contributed by atoms with E-state index in [0.29, 0.717) is 12.5 Å². The standard InChI is InChI=1S/C16H26N2O/c1-12(2)15(13-9-7-6-8-10-13)18-14(19)11-17-16(3,4)5/h6-10,12,15,17H,11H2,1-5H3,(H,18,19). The van der Waals surface area contributed by atoms with Crippen molar-refractivity contribution in [3.63, 3.8) is 0 Å². The first kappa shape index (κ1) is 15.7. The maximum atomic E-state index is 12.0.